The zero-order chi connectivity index (χ0) is 20.5. The van der Waals surface area contributed by atoms with E-state index in [4.69, 9.17) is 0 Å². The van der Waals surface area contributed by atoms with E-state index in [1.165, 1.54) is 12.1 Å². The highest BCUT2D eigenvalue weighted by molar-refractivity contribution is 7.92. The Labute approximate surface area is 169 Å². The molecule has 3 aromatic rings. The van der Waals surface area contributed by atoms with Crippen LogP contribution in [0.5, 0.6) is 0 Å². The molecule has 6 nitrogen and oxygen atoms in total. The molecule has 0 bridgehead atoms. The Morgan fingerprint density at radius 3 is 2.34 bits per heavy atom. The smallest absolute Gasteiger partial charge is 0.229 e. The predicted octanol–water partition coefficient (Wildman–Crippen LogP) is 4.15. The third-order valence-electron chi connectivity index (χ3n) is 5.10. The van der Waals surface area contributed by atoms with E-state index in [9.17, 15) is 12.8 Å². The van der Waals surface area contributed by atoms with Crippen LogP contribution in [0, 0.1) is 5.82 Å². The number of aromatic nitrogens is 2. The van der Waals surface area contributed by atoms with Crippen molar-refractivity contribution in [2.45, 2.75) is 24.8 Å². The lowest BCUT2D eigenvalue weighted by Crippen LogP contribution is -2.42. The van der Waals surface area contributed by atoms with Gasteiger partial charge in [0.2, 0.25) is 10.0 Å². The fourth-order valence-electron chi connectivity index (χ4n) is 3.54. The van der Waals surface area contributed by atoms with Crippen molar-refractivity contribution in [2.75, 3.05) is 16.3 Å². The normalized spacial score (nSPS) is 15.4. The molecule has 29 heavy (non-hydrogen) atoms. The van der Waals surface area contributed by atoms with E-state index in [1.807, 2.05) is 30.3 Å². The van der Waals surface area contributed by atoms with E-state index in [2.05, 4.69) is 20.2 Å². The molecular weight excluding hydrogens is 391 g/mol. The van der Waals surface area contributed by atoms with Crippen molar-refractivity contribution in [2.24, 2.45) is 0 Å². The first-order valence-electron chi connectivity index (χ1n) is 9.29. The molecule has 0 saturated heterocycles. The van der Waals surface area contributed by atoms with Gasteiger partial charge in [-0.3, -0.25) is 4.72 Å². The maximum absolute atomic E-state index is 13.3. The van der Waals surface area contributed by atoms with Crippen molar-refractivity contribution in [3.8, 4) is 11.3 Å². The molecule has 0 unspecified atom stereocenters. The SMILES string of the molecule is CS(=O)(=O)Nc1cccc(-c2ccc(NC3(c4ccc(F)cc4)CCC3)nn2)c1. The molecule has 1 fully saturated rings. The topological polar surface area (TPSA) is 84.0 Å². The molecule has 1 saturated carbocycles. The van der Waals surface area contributed by atoms with Crippen LogP contribution >= 0.6 is 0 Å². The zero-order valence-corrected chi connectivity index (χ0v) is 16.7. The maximum atomic E-state index is 13.3. The van der Waals surface area contributed by atoms with Gasteiger partial charge >= 0.3 is 0 Å². The standard InChI is InChI=1S/C21H21FN4O2S/c1-29(27,28)26-18-5-2-4-15(14-18)19-10-11-20(25-24-19)23-21(12-3-13-21)16-6-8-17(22)9-7-16/h2,4-11,14,26H,3,12-13H2,1H3,(H,23,25). The van der Waals surface area contributed by atoms with Crippen molar-refractivity contribution in [3.63, 3.8) is 0 Å². The highest BCUT2D eigenvalue weighted by atomic mass is 32.2. The summed E-state index contributed by atoms with van der Waals surface area (Å²) in [6.07, 6.45) is 4.09. The Morgan fingerprint density at radius 1 is 1.00 bits per heavy atom. The summed E-state index contributed by atoms with van der Waals surface area (Å²) < 4.78 is 38.6. The van der Waals surface area contributed by atoms with Crippen molar-refractivity contribution >= 4 is 21.5 Å². The van der Waals surface area contributed by atoms with Crippen LogP contribution in [0.1, 0.15) is 24.8 Å². The van der Waals surface area contributed by atoms with Gasteiger partial charge in [0.25, 0.3) is 0 Å². The highest BCUT2D eigenvalue weighted by Gasteiger charge is 2.39. The van der Waals surface area contributed by atoms with E-state index in [1.54, 1.807) is 18.2 Å². The summed E-state index contributed by atoms with van der Waals surface area (Å²) >= 11 is 0. The largest absolute Gasteiger partial charge is 0.359 e. The van der Waals surface area contributed by atoms with Gasteiger partial charge in [-0.15, -0.1) is 10.2 Å². The lowest BCUT2D eigenvalue weighted by Gasteiger charge is -2.43. The van der Waals surface area contributed by atoms with Crippen molar-refractivity contribution in [1.29, 1.82) is 0 Å². The van der Waals surface area contributed by atoms with Crippen LogP contribution in [0.15, 0.2) is 60.7 Å². The van der Waals surface area contributed by atoms with Crippen LogP contribution in [-0.2, 0) is 15.6 Å². The summed E-state index contributed by atoms with van der Waals surface area (Å²) in [7, 11) is -3.35. The van der Waals surface area contributed by atoms with Crippen LogP contribution in [0.25, 0.3) is 11.3 Å². The number of benzene rings is 2. The fraction of sp³-hybridized carbons (Fsp3) is 0.238. The summed E-state index contributed by atoms with van der Waals surface area (Å²) in [5, 5.41) is 12.0. The van der Waals surface area contributed by atoms with Gasteiger partial charge in [0.05, 0.1) is 17.5 Å². The van der Waals surface area contributed by atoms with Crippen LogP contribution in [0.2, 0.25) is 0 Å². The van der Waals surface area contributed by atoms with Gasteiger partial charge < -0.3 is 5.32 Å². The molecule has 0 aliphatic heterocycles. The predicted molar refractivity (Wildman–Crippen MR) is 111 cm³/mol. The first kappa shape index (κ1) is 19.3. The lowest BCUT2D eigenvalue weighted by atomic mass is 9.72. The van der Waals surface area contributed by atoms with E-state index in [-0.39, 0.29) is 11.4 Å². The molecule has 2 N–H and O–H groups in total. The van der Waals surface area contributed by atoms with Crippen molar-refractivity contribution < 1.29 is 12.8 Å². The molecule has 0 radical (unpaired) electrons. The Morgan fingerprint density at radius 2 is 1.76 bits per heavy atom. The first-order valence-corrected chi connectivity index (χ1v) is 11.2. The molecule has 1 heterocycles. The molecular formula is C21H21FN4O2S. The molecule has 1 aliphatic rings. The number of nitrogens with one attached hydrogen (secondary N) is 2. The Bertz CT molecular complexity index is 1110. The van der Waals surface area contributed by atoms with Gasteiger partial charge in [-0.25, -0.2) is 12.8 Å². The van der Waals surface area contributed by atoms with Crippen LogP contribution in [0.4, 0.5) is 15.9 Å². The van der Waals surface area contributed by atoms with Crippen molar-refractivity contribution in [3.05, 3.63) is 72.0 Å². The second-order valence-electron chi connectivity index (χ2n) is 7.33. The molecule has 150 valence electrons. The van der Waals surface area contributed by atoms with Gasteiger partial charge in [0.1, 0.15) is 11.6 Å². The minimum absolute atomic E-state index is 0.247. The average molecular weight is 412 g/mol. The van der Waals surface area contributed by atoms with E-state index in [0.717, 1.165) is 36.6 Å². The zero-order valence-electron chi connectivity index (χ0n) is 15.9. The molecule has 0 amide bonds. The molecule has 1 aromatic heterocycles. The Hall–Kier alpha value is -3.00. The average Bonchev–Trinajstić information content (AvgIpc) is 2.65. The monoisotopic (exact) mass is 412 g/mol. The third kappa shape index (κ3) is 4.37. The molecule has 1 aliphatic carbocycles. The van der Waals surface area contributed by atoms with E-state index < -0.39 is 10.0 Å². The summed E-state index contributed by atoms with van der Waals surface area (Å²) in [6.45, 7) is 0. The van der Waals surface area contributed by atoms with Crippen LogP contribution < -0.4 is 10.0 Å². The Balaban J connectivity index is 1.54. The fourth-order valence-corrected chi connectivity index (χ4v) is 4.09. The number of nitrogens with zero attached hydrogens (tertiary/aromatic N) is 2. The molecule has 4 rings (SSSR count). The number of hydrogen-bond acceptors (Lipinski definition) is 5. The number of hydrogen-bond donors (Lipinski definition) is 2. The molecule has 0 spiro atoms. The first-order chi connectivity index (χ1) is 13.8. The summed E-state index contributed by atoms with van der Waals surface area (Å²) in [6, 6.07) is 17.3. The third-order valence-corrected chi connectivity index (χ3v) is 5.70. The minimum atomic E-state index is -3.35. The number of halogens is 1. The van der Waals surface area contributed by atoms with Crippen molar-refractivity contribution in [1.82, 2.24) is 10.2 Å². The summed E-state index contributed by atoms with van der Waals surface area (Å²) in [4.78, 5) is 0. The quantitative estimate of drug-likeness (QED) is 0.636. The van der Waals surface area contributed by atoms with E-state index >= 15 is 0 Å². The number of anilines is 2. The second-order valence-corrected chi connectivity index (χ2v) is 9.07. The van der Waals surface area contributed by atoms with Gasteiger partial charge in [-0.2, -0.15) is 0 Å². The van der Waals surface area contributed by atoms with Gasteiger partial charge in [-0.05, 0) is 61.2 Å². The van der Waals surface area contributed by atoms with Crippen LogP contribution in [-0.4, -0.2) is 24.9 Å². The van der Waals surface area contributed by atoms with Gasteiger partial charge in [0, 0.05) is 11.3 Å². The molecule has 0 atom stereocenters. The van der Waals surface area contributed by atoms with Gasteiger partial charge in [0.15, 0.2) is 0 Å². The molecule has 8 heteroatoms. The summed E-state index contributed by atoms with van der Waals surface area (Å²) in [5.74, 6) is 0.392. The Kier molecular flexibility index (Phi) is 4.96. The van der Waals surface area contributed by atoms with E-state index in [0.29, 0.717) is 17.2 Å². The maximum Gasteiger partial charge on any atom is 0.229 e. The number of rotatable bonds is 6. The minimum Gasteiger partial charge on any atom is -0.359 e. The molecule has 2 aromatic carbocycles. The highest BCUT2D eigenvalue weighted by Crippen LogP contribution is 2.43. The second kappa shape index (κ2) is 7.44. The number of sulfonamides is 1. The van der Waals surface area contributed by atoms with Gasteiger partial charge in [-0.1, -0.05) is 24.3 Å². The van der Waals surface area contributed by atoms with Crippen LogP contribution in [0.3, 0.4) is 0 Å². The summed E-state index contributed by atoms with van der Waals surface area (Å²) in [5.41, 5.74) is 2.66. The lowest BCUT2D eigenvalue weighted by molar-refractivity contribution is 0.283.